The van der Waals surface area contributed by atoms with Crippen LogP contribution in [-0.4, -0.2) is 50.0 Å². The van der Waals surface area contributed by atoms with E-state index in [1.807, 2.05) is 0 Å². The van der Waals surface area contributed by atoms with Gasteiger partial charge in [0.1, 0.15) is 0 Å². The first-order chi connectivity index (χ1) is 8.70. The molecular weight excluding hydrogens is 553 g/mol. The third-order valence-corrected chi connectivity index (χ3v) is 12.7. The Labute approximate surface area is 149 Å². The number of rotatable bonds is 4. The summed E-state index contributed by atoms with van der Waals surface area (Å²) in [4.78, 5) is 0. The first kappa shape index (κ1) is 17.6. The Morgan fingerprint density at radius 1 is 1.37 bits per heavy atom. The Kier molecular flexibility index (Phi) is 7.07. The fourth-order valence-corrected chi connectivity index (χ4v) is 10.8. The summed E-state index contributed by atoms with van der Waals surface area (Å²) in [5, 5.41) is 0. The minimum Gasteiger partial charge on any atom is -0.544 e. The predicted octanol–water partition coefficient (Wildman–Crippen LogP) is 1.98. The fourth-order valence-electron chi connectivity index (χ4n) is 1.93. The van der Waals surface area contributed by atoms with Gasteiger partial charge in [-0.1, -0.05) is 22.8 Å². The predicted molar refractivity (Wildman–Crippen MR) is 74.9 cm³/mol. The normalized spacial score (nSPS) is 40.1. The first-order valence-electron chi connectivity index (χ1n) is 5.56. The van der Waals surface area contributed by atoms with Crippen molar-refractivity contribution in [1.82, 2.24) is 0 Å². The van der Waals surface area contributed by atoms with Gasteiger partial charge >= 0.3 is 0 Å². The van der Waals surface area contributed by atoms with Crippen LogP contribution in [0, 0.1) is 37.7 Å². The summed E-state index contributed by atoms with van der Waals surface area (Å²) < 4.78 is 25.7. The quantitative estimate of drug-likeness (QED) is 0.378. The second kappa shape index (κ2) is 7.65. The van der Waals surface area contributed by atoms with Crippen LogP contribution in [0.2, 0.25) is 0 Å². The summed E-state index contributed by atoms with van der Waals surface area (Å²) in [6.07, 6.45) is -0.488. The summed E-state index contributed by atoms with van der Waals surface area (Å²) in [6, 6.07) is 0. The molecular formula is C9H14O5PS3U-. The average Bonchev–Trinajstić information content (AvgIpc) is 3.02. The molecule has 108 valence electrons. The number of hydrogen-bond donors (Lipinski definition) is 0. The molecule has 2 unspecified atom stereocenters. The molecule has 0 radical (unpaired) electrons. The van der Waals surface area contributed by atoms with Crippen LogP contribution >= 0.6 is 27.4 Å². The Balaban J connectivity index is 0.00000133. The van der Waals surface area contributed by atoms with Crippen molar-refractivity contribution in [3.05, 3.63) is 6.61 Å². The maximum atomic E-state index is 5.88. The molecule has 3 fully saturated rings. The monoisotopic (exact) mass is 567 g/mol. The molecule has 5 nitrogen and oxygen atoms in total. The molecule has 3 saturated heterocycles. The summed E-state index contributed by atoms with van der Waals surface area (Å²) in [5.74, 6) is 2.16. The Morgan fingerprint density at radius 2 is 2.11 bits per heavy atom. The second-order valence-corrected chi connectivity index (χ2v) is 14.7. The van der Waals surface area contributed by atoms with Crippen molar-refractivity contribution >= 4 is 39.2 Å². The van der Waals surface area contributed by atoms with E-state index in [0.29, 0.717) is 6.61 Å². The summed E-state index contributed by atoms with van der Waals surface area (Å²) in [6.45, 7) is 1.50. The zero-order valence-corrected chi connectivity index (χ0v) is 17.7. The maximum Gasteiger partial charge on any atom is 0.269 e. The van der Waals surface area contributed by atoms with E-state index in [1.54, 1.807) is 36.5 Å². The van der Waals surface area contributed by atoms with Crippen molar-refractivity contribution < 1.29 is 54.6 Å². The van der Waals surface area contributed by atoms with Crippen molar-refractivity contribution in [2.45, 2.75) is 24.8 Å². The molecule has 0 aliphatic carbocycles. The van der Waals surface area contributed by atoms with Crippen LogP contribution in [0.25, 0.3) is 0 Å². The average molecular weight is 567 g/mol. The van der Waals surface area contributed by atoms with E-state index < -0.39 is 11.1 Å². The third kappa shape index (κ3) is 4.14. The molecule has 0 N–H and O–H groups in total. The fraction of sp³-hybridized carbons (Fsp3) is 0.889. The van der Waals surface area contributed by atoms with Gasteiger partial charge in [-0.05, 0) is 17.9 Å². The van der Waals surface area contributed by atoms with Crippen molar-refractivity contribution in [3.8, 4) is 0 Å². The number of ether oxygens (including phenoxy) is 4. The third-order valence-electron chi connectivity index (χ3n) is 2.79. The molecule has 3 rings (SSSR count). The summed E-state index contributed by atoms with van der Waals surface area (Å²) in [5.41, 5.74) is 0. The van der Waals surface area contributed by atoms with Crippen LogP contribution < -0.4 is 0 Å². The number of hydrogen-bond acceptors (Lipinski definition) is 8. The van der Waals surface area contributed by atoms with E-state index >= 15 is 0 Å². The van der Waals surface area contributed by atoms with E-state index in [4.69, 9.17) is 35.3 Å². The van der Waals surface area contributed by atoms with Crippen LogP contribution in [0.3, 0.4) is 0 Å². The molecule has 0 aromatic rings. The van der Waals surface area contributed by atoms with Gasteiger partial charge < -0.3 is 23.5 Å². The molecule has 3 heterocycles. The van der Waals surface area contributed by atoms with Crippen LogP contribution in [0.15, 0.2) is 0 Å². The zero-order chi connectivity index (χ0) is 12.6. The standard InChI is InChI=1S/C9H14O5PS3.U/c1-10-9-13-7-4-11-6(8(7)14-9)5-12-15(16)17-2-3-18-15;/h4,6-9H,2-3,5H2,1H3;/q-1;/t6-,7?,8+,9?;/m1./s1. The molecule has 0 bridgehead atoms. The Morgan fingerprint density at radius 3 is 2.79 bits per heavy atom. The molecule has 0 amide bonds. The minimum atomic E-state index is -1.74. The molecule has 4 atom stereocenters. The van der Waals surface area contributed by atoms with Crippen molar-refractivity contribution in [3.63, 3.8) is 0 Å². The van der Waals surface area contributed by atoms with E-state index in [0.717, 1.165) is 11.5 Å². The maximum absolute atomic E-state index is 5.88. The van der Waals surface area contributed by atoms with E-state index in [-0.39, 0.29) is 49.4 Å². The number of fused-ring (bicyclic) bond motifs is 1. The van der Waals surface area contributed by atoms with Gasteiger partial charge in [-0.3, -0.25) is 0 Å². The van der Waals surface area contributed by atoms with Gasteiger partial charge in [-0.25, -0.2) is 0 Å². The van der Waals surface area contributed by atoms with Gasteiger partial charge in [0.05, 0.1) is 18.8 Å². The van der Waals surface area contributed by atoms with Gasteiger partial charge in [-0.15, -0.1) is 0 Å². The van der Waals surface area contributed by atoms with Crippen molar-refractivity contribution in [1.29, 1.82) is 0 Å². The first-order valence-corrected chi connectivity index (χ1v) is 11.5. The molecule has 0 spiro atoms. The van der Waals surface area contributed by atoms with E-state index in [1.165, 1.54) is 0 Å². The molecule has 0 aromatic heterocycles. The van der Waals surface area contributed by atoms with Crippen LogP contribution in [0.4, 0.5) is 0 Å². The smallest absolute Gasteiger partial charge is 0.269 e. The van der Waals surface area contributed by atoms with Gasteiger partial charge in [0.2, 0.25) is 0 Å². The van der Waals surface area contributed by atoms with Gasteiger partial charge in [0.25, 0.3) is 6.48 Å². The largest absolute Gasteiger partial charge is 0.544 e. The summed E-state index contributed by atoms with van der Waals surface area (Å²) >= 11 is 9.04. The topological polar surface area (TPSA) is 46.2 Å². The SMILES string of the molecule is COC1OC2[CH-]O[C@H](COP3(=S)SCCS3)[C@@H]2O1.[U]. The molecule has 3 aliphatic rings. The van der Waals surface area contributed by atoms with Gasteiger partial charge in [-0.2, -0.15) is 6.61 Å². The molecule has 10 heteroatoms. The van der Waals surface area contributed by atoms with Gasteiger partial charge in [0, 0.05) is 49.7 Å². The van der Waals surface area contributed by atoms with Crippen molar-refractivity contribution in [2.75, 3.05) is 25.2 Å². The van der Waals surface area contributed by atoms with Gasteiger partial charge in [0.15, 0.2) is 4.67 Å². The molecule has 3 aliphatic heterocycles. The van der Waals surface area contributed by atoms with Crippen molar-refractivity contribution in [2.24, 2.45) is 0 Å². The van der Waals surface area contributed by atoms with Crippen LogP contribution in [-0.2, 0) is 35.3 Å². The van der Waals surface area contributed by atoms with Crippen LogP contribution in [0.1, 0.15) is 0 Å². The molecule has 19 heavy (non-hydrogen) atoms. The Bertz CT molecular complexity index is 353. The van der Waals surface area contributed by atoms with Crippen LogP contribution in [0.5, 0.6) is 0 Å². The molecule has 0 saturated carbocycles. The molecule has 0 aromatic carbocycles. The zero-order valence-electron chi connectivity index (χ0n) is 10.2. The minimum absolute atomic E-state index is 0. The number of methoxy groups -OCH3 is 1. The summed E-state index contributed by atoms with van der Waals surface area (Å²) in [7, 11) is 1.55. The van der Waals surface area contributed by atoms with E-state index in [9.17, 15) is 0 Å². The second-order valence-electron chi connectivity index (χ2n) is 3.95. The van der Waals surface area contributed by atoms with E-state index in [2.05, 4.69) is 0 Å². The Hall–Kier alpha value is 2.20.